The van der Waals surface area contributed by atoms with Crippen molar-refractivity contribution in [2.45, 2.75) is 32.0 Å². The van der Waals surface area contributed by atoms with E-state index in [0.717, 1.165) is 6.07 Å². The molecule has 2 nitrogen and oxygen atoms in total. The maximum absolute atomic E-state index is 13.0. The Balaban J connectivity index is 2.49. The quantitative estimate of drug-likeness (QED) is 0.885. The van der Waals surface area contributed by atoms with E-state index in [-0.39, 0.29) is 28.7 Å². The Labute approximate surface area is 104 Å². The molecule has 2 N–H and O–H groups in total. The van der Waals surface area contributed by atoms with Gasteiger partial charge in [0.05, 0.1) is 12.7 Å². The van der Waals surface area contributed by atoms with Crippen molar-refractivity contribution < 1.29 is 17.9 Å². The van der Waals surface area contributed by atoms with Gasteiger partial charge in [-0.2, -0.15) is 13.2 Å². The summed E-state index contributed by atoms with van der Waals surface area (Å²) in [5.74, 6) is -0.0434. The highest BCUT2D eigenvalue weighted by molar-refractivity contribution is 5.45. The first kappa shape index (κ1) is 13.2. The minimum Gasteiger partial charge on any atom is -0.497 e. The number of hydrogen-bond acceptors (Lipinski definition) is 2. The molecule has 5 heteroatoms. The Morgan fingerprint density at radius 1 is 1.28 bits per heavy atom. The Morgan fingerprint density at radius 2 is 1.83 bits per heavy atom. The third-order valence-corrected chi connectivity index (χ3v) is 3.81. The first-order valence-electron chi connectivity index (χ1n) is 5.70. The van der Waals surface area contributed by atoms with Crippen LogP contribution in [0.3, 0.4) is 0 Å². The molecule has 1 aromatic rings. The lowest BCUT2D eigenvalue weighted by Gasteiger charge is -2.15. The van der Waals surface area contributed by atoms with Crippen LogP contribution in [0.1, 0.15) is 30.9 Å². The molecule has 0 saturated heterocycles. The van der Waals surface area contributed by atoms with Crippen LogP contribution in [0, 0.1) is 5.41 Å². The number of ether oxygens (including phenoxy) is 1. The molecule has 1 saturated carbocycles. The molecule has 18 heavy (non-hydrogen) atoms. The molecule has 0 aromatic heterocycles. The van der Waals surface area contributed by atoms with Crippen molar-refractivity contribution in [3.05, 3.63) is 29.3 Å². The normalized spacial score (nSPS) is 25.9. The summed E-state index contributed by atoms with van der Waals surface area (Å²) in [7, 11) is 1.35. The highest BCUT2D eigenvalue weighted by Crippen LogP contribution is 2.59. The lowest BCUT2D eigenvalue weighted by molar-refractivity contribution is -0.138. The predicted molar refractivity (Wildman–Crippen MR) is 62.5 cm³/mol. The Morgan fingerprint density at radius 3 is 2.22 bits per heavy atom. The van der Waals surface area contributed by atoms with Gasteiger partial charge >= 0.3 is 6.18 Å². The summed E-state index contributed by atoms with van der Waals surface area (Å²) < 4.78 is 44.0. The molecule has 100 valence electrons. The summed E-state index contributed by atoms with van der Waals surface area (Å²) in [6.07, 6.45) is -4.39. The van der Waals surface area contributed by atoms with Gasteiger partial charge in [-0.15, -0.1) is 0 Å². The van der Waals surface area contributed by atoms with Gasteiger partial charge in [-0.3, -0.25) is 0 Å². The highest BCUT2D eigenvalue weighted by Gasteiger charge is 2.58. The molecule has 2 rings (SSSR count). The Hall–Kier alpha value is -1.23. The molecular formula is C13H16F3NO. The maximum atomic E-state index is 13.0. The summed E-state index contributed by atoms with van der Waals surface area (Å²) in [6, 6.07) is 3.83. The molecule has 0 spiro atoms. The molecule has 2 atom stereocenters. The molecule has 1 aromatic carbocycles. The summed E-state index contributed by atoms with van der Waals surface area (Å²) in [5, 5.41) is 0. The van der Waals surface area contributed by atoms with E-state index in [1.54, 1.807) is 6.07 Å². The van der Waals surface area contributed by atoms with Crippen molar-refractivity contribution in [3.8, 4) is 5.75 Å². The second-order valence-corrected chi connectivity index (χ2v) is 5.28. The molecule has 2 unspecified atom stereocenters. The first-order valence-corrected chi connectivity index (χ1v) is 5.70. The lowest BCUT2D eigenvalue weighted by atomic mass is 9.97. The first-order chi connectivity index (χ1) is 8.19. The maximum Gasteiger partial charge on any atom is 0.416 e. The van der Waals surface area contributed by atoms with Crippen molar-refractivity contribution >= 4 is 0 Å². The minimum absolute atomic E-state index is 0.207. The number of alkyl halides is 3. The van der Waals surface area contributed by atoms with E-state index in [1.165, 1.54) is 13.2 Å². The number of halogens is 3. The second-order valence-electron chi connectivity index (χ2n) is 5.28. The fourth-order valence-electron chi connectivity index (χ4n) is 2.45. The summed E-state index contributed by atoms with van der Waals surface area (Å²) in [6.45, 7) is 3.76. The number of benzene rings is 1. The largest absolute Gasteiger partial charge is 0.497 e. The van der Waals surface area contributed by atoms with Gasteiger partial charge in [-0.1, -0.05) is 19.9 Å². The van der Waals surface area contributed by atoms with Crippen molar-refractivity contribution in [2.75, 3.05) is 7.11 Å². The topological polar surface area (TPSA) is 35.2 Å². The van der Waals surface area contributed by atoms with Crippen LogP contribution in [0.25, 0.3) is 0 Å². The zero-order valence-electron chi connectivity index (χ0n) is 10.5. The van der Waals surface area contributed by atoms with Crippen LogP contribution >= 0.6 is 0 Å². The second kappa shape index (κ2) is 3.88. The fourth-order valence-corrected chi connectivity index (χ4v) is 2.45. The average Bonchev–Trinajstić information content (AvgIpc) is 2.76. The smallest absolute Gasteiger partial charge is 0.416 e. The predicted octanol–water partition coefficient (Wildman–Crippen LogP) is 3.16. The number of rotatable bonds is 2. The zero-order valence-corrected chi connectivity index (χ0v) is 10.5. The van der Waals surface area contributed by atoms with Gasteiger partial charge in [-0.05, 0) is 23.1 Å². The lowest BCUT2D eigenvalue weighted by Crippen LogP contribution is -2.11. The van der Waals surface area contributed by atoms with Crippen LogP contribution in [-0.2, 0) is 6.18 Å². The van der Waals surface area contributed by atoms with Gasteiger partial charge in [-0.25, -0.2) is 0 Å². The van der Waals surface area contributed by atoms with Crippen molar-refractivity contribution in [1.82, 2.24) is 0 Å². The number of hydrogen-bond donors (Lipinski definition) is 1. The summed E-state index contributed by atoms with van der Waals surface area (Å²) >= 11 is 0. The van der Waals surface area contributed by atoms with Crippen molar-refractivity contribution in [2.24, 2.45) is 11.1 Å². The van der Waals surface area contributed by atoms with E-state index >= 15 is 0 Å². The van der Waals surface area contributed by atoms with Crippen LogP contribution < -0.4 is 10.5 Å². The molecule has 0 aliphatic heterocycles. The van der Waals surface area contributed by atoms with Crippen LogP contribution in [0.15, 0.2) is 18.2 Å². The molecule has 1 fully saturated rings. The molecule has 1 aliphatic carbocycles. The summed E-state index contributed by atoms with van der Waals surface area (Å²) in [4.78, 5) is 0. The summed E-state index contributed by atoms with van der Waals surface area (Å²) in [5.41, 5.74) is 5.20. The van der Waals surface area contributed by atoms with Gasteiger partial charge < -0.3 is 10.5 Å². The van der Waals surface area contributed by atoms with Crippen LogP contribution in [0.2, 0.25) is 0 Å². The van der Waals surface area contributed by atoms with Gasteiger partial charge in [0.25, 0.3) is 0 Å². The zero-order chi connectivity index (χ0) is 13.7. The third kappa shape index (κ3) is 1.96. The fraction of sp³-hybridized carbons (Fsp3) is 0.538. The molecule has 0 radical (unpaired) electrons. The monoisotopic (exact) mass is 259 g/mol. The van der Waals surface area contributed by atoms with E-state index < -0.39 is 11.7 Å². The molecule has 1 aliphatic rings. The van der Waals surface area contributed by atoms with E-state index in [9.17, 15) is 13.2 Å². The minimum atomic E-state index is -4.39. The SMILES string of the molecule is COc1ccc(C2C(N)C2(C)C)c(C(F)(F)F)c1. The molecule has 0 heterocycles. The van der Waals surface area contributed by atoms with Gasteiger partial charge in [0.2, 0.25) is 0 Å². The van der Waals surface area contributed by atoms with E-state index in [2.05, 4.69) is 0 Å². The third-order valence-electron chi connectivity index (χ3n) is 3.81. The van der Waals surface area contributed by atoms with Gasteiger partial charge in [0.1, 0.15) is 5.75 Å². The van der Waals surface area contributed by atoms with Crippen LogP contribution in [0.4, 0.5) is 13.2 Å². The van der Waals surface area contributed by atoms with E-state index in [4.69, 9.17) is 10.5 Å². The molecular weight excluding hydrogens is 243 g/mol. The number of methoxy groups -OCH3 is 1. The standard InChI is InChI=1S/C13H16F3NO/c1-12(2)10(11(12)17)8-5-4-7(18-3)6-9(8)13(14,15)16/h4-6,10-11H,17H2,1-3H3. The van der Waals surface area contributed by atoms with E-state index in [0.29, 0.717) is 0 Å². The molecule has 0 bridgehead atoms. The van der Waals surface area contributed by atoms with Crippen molar-refractivity contribution in [3.63, 3.8) is 0 Å². The van der Waals surface area contributed by atoms with Crippen molar-refractivity contribution in [1.29, 1.82) is 0 Å². The molecule has 0 amide bonds. The highest BCUT2D eigenvalue weighted by atomic mass is 19.4. The van der Waals surface area contributed by atoms with Gasteiger partial charge in [0.15, 0.2) is 0 Å². The average molecular weight is 259 g/mol. The van der Waals surface area contributed by atoms with Crippen LogP contribution in [0.5, 0.6) is 5.75 Å². The Kier molecular flexibility index (Phi) is 2.85. The van der Waals surface area contributed by atoms with Gasteiger partial charge in [0, 0.05) is 12.0 Å². The van der Waals surface area contributed by atoms with E-state index in [1.807, 2.05) is 13.8 Å². The van der Waals surface area contributed by atoms with Crippen LogP contribution in [-0.4, -0.2) is 13.2 Å². The number of nitrogens with two attached hydrogens (primary N) is 1. The Bertz CT molecular complexity index is 468.